The molecule has 1 aromatic carbocycles. The van der Waals surface area contributed by atoms with Gasteiger partial charge in [0.15, 0.2) is 0 Å². The summed E-state index contributed by atoms with van der Waals surface area (Å²) in [6, 6.07) is 9.36. The van der Waals surface area contributed by atoms with Crippen LogP contribution in [0, 0.1) is 5.92 Å². The van der Waals surface area contributed by atoms with Crippen molar-refractivity contribution in [2.75, 3.05) is 57.3 Å². The molecule has 2 fully saturated rings. The lowest BCUT2D eigenvalue weighted by atomic mass is 9.95. The minimum Gasteiger partial charge on any atom is -0.465 e. The van der Waals surface area contributed by atoms with E-state index in [0.29, 0.717) is 31.3 Å². The van der Waals surface area contributed by atoms with E-state index in [-0.39, 0.29) is 18.4 Å². The van der Waals surface area contributed by atoms with Gasteiger partial charge in [0.05, 0.1) is 25.4 Å². The highest BCUT2D eigenvalue weighted by atomic mass is 16.5. The van der Waals surface area contributed by atoms with E-state index in [9.17, 15) is 9.59 Å². The highest BCUT2D eigenvalue weighted by molar-refractivity contribution is 5.98. The summed E-state index contributed by atoms with van der Waals surface area (Å²) in [5.74, 6) is 0.217. The quantitative estimate of drug-likeness (QED) is 0.589. The molecule has 2 aliphatic rings. The van der Waals surface area contributed by atoms with E-state index in [0.717, 1.165) is 51.3 Å². The number of piperidine rings is 1. The molecule has 0 N–H and O–H groups in total. The van der Waals surface area contributed by atoms with Gasteiger partial charge in [-0.1, -0.05) is 18.2 Å². The van der Waals surface area contributed by atoms with Gasteiger partial charge in [-0.05, 0) is 64.8 Å². The Hall–Kier alpha value is -1.96. The van der Waals surface area contributed by atoms with Crippen LogP contribution < -0.4 is 4.90 Å². The van der Waals surface area contributed by atoms with Crippen molar-refractivity contribution >= 4 is 17.6 Å². The van der Waals surface area contributed by atoms with Gasteiger partial charge in [0, 0.05) is 25.3 Å². The van der Waals surface area contributed by atoms with E-state index in [1.807, 2.05) is 30.3 Å². The van der Waals surface area contributed by atoms with E-state index in [2.05, 4.69) is 23.6 Å². The zero-order chi connectivity index (χ0) is 22.2. The standard InChI is InChI=1S/C24H37N3O4/c1-4-30-24(29)18-27(22-8-6-5-7-9-22)23(28)17-25-12-10-21(11-13-25)16-26-14-19(2)31-20(3)15-26/h5-9,19-21H,4,10-18H2,1-3H3. The summed E-state index contributed by atoms with van der Waals surface area (Å²) in [6.07, 6.45) is 2.78. The first-order chi connectivity index (χ1) is 14.9. The molecule has 0 radical (unpaired) electrons. The van der Waals surface area contributed by atoms with Gasteiger partial charge in [-0.15, -0.1) is 0 Å². The molecule has 0 saturated carbocycles. The summed E-state index contributed by atoms with van der Waals surface area (Å²) < 4.78 is 10.9. The Balaban J connectivity index is 1.50. The van der Waals surface area contributed by atoms with Gasteiger partial charge >= 0.3 is 5.97 Å². The van der Waals surface area contributed by atoms with E-state index >= 15 is 0 Å². The Bertz CT molecular complexity index is 696. The molecule has 7 nitrogen and oxygen atoms in total. The molecule has 0 aromatic heterocycles. The number of likely N-dealkylation sites (tertiary alicyclic amines) is 1. The third kappa shape index (κ3) is 7.30. The Labute approximate surface area is 186 Å². The molecule has 2 unspecified atom stereocenters. The Morgan fingerprint density at radius 1 is 1.06 bits per heavy atom. The van der Waals surface area contributed by atoms with Crippen LogP contribution in [0.5, 0.6) is 0 Å². The average molecular weight is 432 g/mol. The third-order valence-electron chi connectivity index (χ3n) is 6.04. The Morgan fingerprint density at radius 2 is 1.71 bits per heavy atom. The maximum absolute atomic E-state index is 13.1. The first-order valence-electron chi connectivity index (χ1n) is 11.6. The number of nitrogens with zero attached hydrogens (tertiary/aromatic N) is 3. The summed E-state index contributed by atoms with van der Waals surface area (Å²) >= 11 is 0. The minimum atomic E-state index is -0.382. The number of carbonyl (C=O) groups is 2. The van der Waals surface area contributed by atoms with E-state index in [1.165, 1.54) is 0 Å². The summed E-state index contributed by atoms with van der Waals surface area (Å²) in [6.45, 7) is 11.6. The van der Waals surface area contributed by atoms with Crippen LogP contribution in [-0.4, -0.2) is 86.3 Å². The number of morpholine rings is 1. The molecular weight excluding hydrogens is 394 g/mol. The van der Waals surface area contributed by atoms with Gasteiger partial charge in [-0.2, -0.15) is 0 Å². The van der Waals surface area contributed by atoms with E-state index in [4.69, 9.17) is 9.47 Å². The molecule has 172 valence electrons. The second kappa shape index (κ2) is 11.6. The molecule has 7 heteroatoms. The minimum absolute atomic E-state index is 0.0550. The predicted octanol–water partition coefficient (Wildman–Crippen LogP) is 2.40. The predicted molar refractivity (Wildman–Crippen MR) is 121 cm³/mol. The largest absolute Gasteiger partial charge is 0.465 e. The van der Waals surface area contributed by atoms with Crippen molar-refractivity contribution in [2.45, 2.75) is 45.8 Å². The summed E-state index contributed by atoms with van der Waals surface area (Å²) in [4.78, 5) is 31.4. The van der Waals surface area contributed by atoms with Crippen molar-refractivity contribution in [1.29, 1.82) is 0 Å². The number of benzene rings is 1. The summed E-state index contributed by atoms with van der Waals surface area (Å²) in [5, 5.41) is 0. The zero-order valence-corrected chi connectivity index (χ0v) is 19.2. The van der Waals surface area contributed by atoms with Gasteiger partial charge in [0.1, 0.15) is 6.54 Å². The lowest BCUT2D eigenvalue weighted by Crippen LogP contribution is -2.49. The molecule has 2 atom stereocenters. The topological polar surface area (TPSA) is 62.3 Å². The van der Waals surface area contributed by atoms with Crippen molar-refractivity contribution in [3.8, 4) is 0 Å². The number of amides is 1. The summed E-state index contributed by atoms with van der Waals surface area (Å²) in [7, 11) is 0. The zero-order valence-electron chi connectivity index (χ0n) is 19.2. The van der Waals surface area contributed by atoms with Gasteiger partial charge in [0.25, 0.3) is 0 Å². The fraction of sp³-hybridized carbons (Fsp3) is 0.667. The van der Waals surface area contributed by atoms with Gasteiger partial charge in [0.2, 0.25) is 5.91 Å². The molecule has 0 aliphatic carbocycles. The molecule has 1 aromatic rings. The van der Waals surface area contributed by atoms with Crippen LogP contribution >= 0.6 is 0 Å². The van der Waals surface area contributed by atoms with Crippen molar-refractivity contribution in [3.05, 3.63) is 30.3 Å². The smallest absolute Gasteiger partial charge is 0.326 e. The van der Waals surface area contributed by atoms with Crippen molar-refractivity contribution in [1.82, 2.24) is 9.80 Å². The third-order valence-corrected chi connectivity index (χ3v) is 6.04. The SMILES string of the molecule is CCOC(=O)CN(C(=O)CN1CCC(CN2CC(C)OC(C)C2)CC1)c1ccccc1. The van der Waals surface area contributed by atoms with Crippen molar-refractivity contribution < 1.29 is 19.1 Å². The molecule has 2 saturated heterocycles. The van der Waals surface area contributed by atoms with Crippen LogP contribution in [0.3, 0.4) is 0 Å². The van der Waals surface area contributed by atoms with E-state index in [1.54, 1.807) is 11.8 Å². The van der Waals surface area contributed by atoms with Crippen molar-refractivity contribution in [2.24, 2.45) is 5.92 Å². The Morgan fingerprint density at radius 3 is 2.32 bits per heavy atom. The molecule has 2 aliphatic heterocycles. The van der Waals surface area contributed by atoms with E-state index < -0.39 is 0 Å². The molecule has 1 amide bonds. The van der Waals surface area contributed by atoms with Gasteiger partial charge in [-0.3, -0.25) is 19.4 Å². The lowest BCUT2D eigenvalue weighted by molar-refractivity contribution is -0.142. The Kier molecular flexibility index (Phi) is 8.87. The van der Waals surface area contributed by atoms with Crippen molar-refractivity contribution in [3.63, 3.8) is 0 Å². The average Bonchev–Trinajstić information content (AvgIpc) is 2.73. The summed E-state index contributed by atoms with van der Waals surface area (Å²) in [5.41, 5.74) is 0.728. The van der Waals surface area contributed by atoms with Crippen LogP contribution in [0.4, 0.5) is 5.69 Å². The van der Waals surface area contributed by atoms with Crippen LogP contribution in [0.1, 0.15) is 33.6 Å². The maximum Gasteiger partial charge on any atom is 0.326 e. The molecule has 31 heavy (non-hydrogen) atoms. The number of para-hydroxylation sites is 1. The first-order valence-corrected chi connectivity index (χ1v) is 11.6. The van der Waals surface area contributed by atoms with Crippen LogP contribution in [0.2, 0.25) is 0 Å². The van der Waals surface area contributed by atoms with Crippen LogP contribution in [0.15, 0.2) is 30.3 Å². The van der Waals surface area contributed by atoms with Crippen LogP contribution in [0.25, 0.3) is 0 Å². The number of hydrogen-bond acceptors (Lipinski definition) is 6. The fourth-order valence-corrected chi connectivity index (χ4v) is 4.67. The van der Waals surface area contributed by atoms with Gasteiger partial charge < -0.3 is 14.4 Å². The molecule has 2 heterocycles. The number of carbonyl (C=O) groups excluding carboxylic acids is 2. The lowest BCUT2D eigenvalue weighted by Gasteiger charge is -2.39. The normalized spacial score (nSPS) is 23.5. The second-order valence-corrected chi connectivity index (χ2v) is 8.82. The number of anilines is 1. The van der Waals surface area contributed by atoms with Gasteiger partial charge in [-0.25, -0.2) is 0 Å². The molecule has 0 spiro atoms. The number of hydrogen-bond donors (Lipinski definition) is 0. The fourth-order valence-electron chi connectivity index (χ4n) is 4.67. The molecule has 0 bridgehead atoms. The molecule has 3 rings (SSSR count). The highest BCUT2D eigenvalue weighted by Crippen LogP contribution is 2.21. The second-order valence-electron chi connectivity index (χ2n) is 8.82. The first kappa shape index (κ1) is 23.7. The highest BCUT2D eigenvalue weighted by Gasteiger charge is 2.28. The number of esters is 1. The monoisotopic (exact) mass is 431 g/mol. The maximum atomic E-state index is 13.1. The van der Waals surface area contributed by atoms with Crippen LogP contribution in [-0.2, 0) is 19.1 Å². The molecular formula is C24H37N3O4. The number of ether oxygens (including phenoxy) is 2. The number of rotatable bonds is 8.